The number of hydrogen-bond acceptors (Lipinski definition) is 2. The Morgan fingerprint density at radius 3 is 2.67 bits per heavy atom. The highest BCUT2D eigenvalue weighted by atomic mass is 35.5. The summed E-state index contributed by atoms with van der Waals surface area (Å²) in [5.41, 5.74) is -0.0975. The molecule has 1 aliphatic rings. The highest BCUT2D eigenvalue weighted by Gasteiger charge is 2.21. The minimum Gasteiger partial charge on any atom is -0.307 e. The second kappa shape index (κ2) is 4.28. The van der Waals surface area contributed by atoms with E-state index in [1.54, 1.807) is 18.2 Å². The van der Waals surface area contributed by atoms with Crippen LogP contribution in [0.5, 0.6) is 0 Å². The first kappa shape index (κ1) is 11.5. The Labute approximate surface area is 108 Å². The largest absolute Gasteiger partial charge is 0.329 e. The summed E-state index contributed by atoms with van der Waals surface area (Å²) < 4.78 is 1.33. The van der Waals surface area contributed by atoms with Crippen molar-refractivity contribution in [1.29, 1.82) is 0 Å². The van der Waals surface area contributed by atoms with Crippen molar-refractivity contribution < 1.29 is 0 Å². The van der Waals surface area contributed by atoms with Crippen molar-refractivity contribution in [2.24, 2.45) is 0 Å². The quantitative estimate of drug-likeness (QED) is 0.860. The van der Waals surface area contributed by atoms with E-state index in [9.17, 15) is 9.59 Å². The predicted octanol–water partition coefficient (Wildman–Crippen LogP) is 2.46. The van der Waals surface area contributed by atoms with Crippen molar-refractivity contribution in [3.8, 4) is 0 Å². The Kier molecular flexibility index (Phi) is 2.74. The summed E-state index contributed by atoms with van der Waals surface area (Å²) >= 11 is 6.06. The number of benzene rings is 1. The van der Waals surface area contributed by atoms with Crippen LogP contribution in [0.3, 0.4) is 0 Å². The number of aromatic nitrogens is 2. The minimum atomic E-state index is -0.332. The van der Waals surface area contributed by atoms with Gasteiger partial charge in [-0.15, -0.1) is 0 Å². The molecular formula is C13H13ClN2O2. The molecular weight excluding hydrogens is 252 g/mol. The van der Waals surface area contributed by atoms with Crippen LogP contribution in [0.2, 0.25) is 5.02 Å². The van der Waals surface area contributed by atoms with Gasteiger partial charge >= 0.3 is 5.69 Å². The molecule has 1 aromatic carbocycles. The summed E-state index contributed by atoms with van der Waals surface area (Å²) in [6.45, 7) is 0. The molecule has 1 aliphatic carbocycles. The van der Waals surface area contributed by atoms with Crippen molar-refractivity contribution in [3.63, 3.8) is 0 Å². The van der Waals surface area contributed by atoms with Gasteiger partial charge in [0.15, 0.2) is 0 Å². The lowest BCUT2D eigenvalue weighted by Crippen LogP contribution is -2.37. The van der Waals surface area contributed by atoms with Crippen LogP contribution < -0.4 is 11.2 Å². The van der Waals surface area contributed by atoms with Crippen LogP contribution in [0.25, 0.3) is 10.9 Å². The third kappa shape index (κ3) is 1.68. The van der Waals surface area contributed by atoms with Crippen molar-refractivity contribution in [1.82, 2.24) is 9.55 Å². The van der Waals surface area contributed by atoms with Gasteiger partial charge in [-0.2, -0.15) is 0 Å². The fourth-order valence-electron chi connectivity index (χ4n) is 2.73. The van der Waals surface area contributed by atoms with Crippen LogP contribution in [0, 0.1) is 0 Å². The summed E-state index contributed by atoms with van der Waals surface area (Å²) in [6.07, 6.45) is 3.91. The van der Waals surface area contributed by atoms with Crippen molar-refractivity contribution in [2.45, 2.75) is 31.7 Å². The monoisotopic (exact) mass is 264 g/mol. The standard InChI is InChI=1S/C13H13ClN2O2/c14-9-6-3-7-10-11(9)12(17)16(13(18)15-10)8-4-1-2-5-8/h3,6-8H,1-2,4-5H2,(H,15,18). The predicted molar refractivity (Wildman–Crippen MR) is 71.3 cm³/mol. The first-order valence-corrected chi connectivity index (χ1v) is 6.49. The van der Waals surface area contributed by atoms with E-state index in [0.717, 1.165) is 25.7 Å². The SMILES string of the molecule is O=c1[nH]c2cccc(Cl)c2c(=O)n1C1CCCC1. The topological polar surface area (TPSA) is 54.9 Å². The number of aromatic amines is 1. The van der Waals surface area contributed by atoms with Crippen molar-refractivity contribution in [2.75, 3.05) is 0 Å². The van der Waals surface area contributed by atoms with Gasteiger partial charge in [0.05, 0.1) is 15.9 Å². The lowest BCUT2D eigenvalue weighted by Gasteiger charge is -2.13. The van der Waals surface area contributed by atoms with Crippen molar-refractivity contribution in [3.05, 3.63) is 44.1 Å². The maximum absolute atomic E-state index is 12.4. The van der Waals surface area contributed by atoms with Crippen LogP contribution in [0.15, 0.2) is 27.8 Å². The van der Waals surface area contributed by atoms with Gasteiger partial charge < -0.3 is 4.98 Å². The van der Waals surface area contributed by atoms with E-state index in [2.05, 4.69) is 4.98 Å². The average molecular weight is 265 g/mol. The third-order valence-electron chi connectivity index (χ3n) is 3.60. The van der Waals surface area contributed by atoms with E-state index in [0.29, 0.717) is 15.9 Å². The maximum atomic E-state index is 12.4. The Morgan fingerprint density at radius 2 is 1.94 bits per heavy atom. The number of H-pyrrole nitrogens is 1. The lowest BCUT2D eigenvalue weighted by molar-refractivity contribution is 0.483. The van der Waals surface area contributed by atoms with Gasteiger partial charge in [-0.1, -0.05) is 30.5 Å². The molecule has 1 N–H and O–H groups in total. The molecule has 5 heteroatoms. The molecule has 1 heterocycles. The maximum Gasteiger partial charge on any atom is 0.329 e. The third-order valence-corrected chi connectivity index (χ3v) is 3.91. The molecule has 0 atom stereocenters. The van der Waals surface area contributed by atoms with Gasteiger partial charge in [-0.25, -0.2) is 4.79 Å². The molecule has 3 rings (SSSR count). The van der Waals surface area contributed by atoms with Crippen LogP contribution >= 0.6 is 11.6 Å². The molecule has 94 valence electrons. The second-order valence-corrected chi connectivity index (χ2v) is 5.11. The van der Waals surface area contributed by atoms with Gasteiger partial charge in [0.1, 0.15) is 0 Å². The number of hydrogen-bond donors (Lipinski definition) is 1. The lowest BCUT2D eigenvalue weighted by atomic mass is 10.2. The van der Waals surface area contributed by atoms with E-state index < -0.39 is 0 Å². The van der Waals surface area contributed by atoms with E-state index in [4.69, 9.17) is 11.6 Å². The summed E-state index contributed by atoms with van der Waals surface area (Å²) in [5, 5.41) is 0.797. The van der Waals surface area contributed by atoms with E-state index in [-0.39, 0.29) is 17.3 Å². The Balaban J connectivity index is 2.36. The highest BCUT2D eigenvalue weighted by molar-refractivity contribution is 6.35. The van der Waals surface area contributed by atoms with Gasteiger partial charge in [0.25, 0.3) is 5.56 Å². The van der Waals surface area contributed by atoms with Crippen LogP contribution in [0.1, 0.15) is 31.7 Å². The molecule has 0 unspecified atom stereocenters. The summed E-state index contributed by atoms with van der Waals surface area (Å²) in [4.78, 5) is 27.2. The van der Waals surface area contributed by atoms with E-state index >= 15 is 0 Å². The molecule has 0 aliphatic heterocycles. The normalized spacial score (nSPS) is 16.5. The van der Waals surface area contributed by atoms with Gasteiger partial charge in [-0.3, -0.25) is 9.36 Å². The number of fused-ring (bicyclic) bond motifs is 1. The summed E-state index contributed by atoms with van der Waals surface area (Å²) in [5.74, 6) is 0. The zero-order chi connectivity index (χ0) is 12.7. The zero-order valence-corrected chi connectivity index (χ0v) is 10.5. The first-order chi connectivity index (χ1) is 8.68. The summed E-state index contributed by atoms with van der Waals surface area (Å²) in [7, 11) is 0. The van der Waals surface area contributed by atoms with Gasteiger partial charge in [-0.05, 0) is 25.0 Å². The van der Waals surface area contributed by atoms with E-state index in [1.807, 2.05) is 0 Å². The number of nitrogens with one attached hydrogen (secondary N) is 1. The average Bonchev–Trinajstić information content (AvgIpc) is 2.82. The van der Waals surface area contributed by atoms with Crippen molar-refractivity contribution >= 4 is 22.5 Å². The molecule has 1 aromatic heterocycles. The number of nitrogens with zero attached hydrogens (tertiary/aromatic N) is 1. The zero-order valence-electron chi connectivity index (χ0n) is 9.78. The smallest absolute Gasteiger partial charge is 0.307 e. The van der Waals surface area contributed by atoms with Crippen LogP contribution in [-0.4, -0.2) is 9.55 Å². The number of halogens is 1. The molecule has 4 nitrogen and oxygen atoms in total. The molecule has 0 radical (unpaired) electrons. The molecule has 0 saturated heterocycles. The fraction of sp³-hybridized carbons (Fsp3) is 0.385. The van der Waals surface area contributed by atoms with Crippen LogP contribution in [0.4, 0.5) is 0 Å². The minimum absolute atomic E-state index is 0.0157. The molecule has 0 spiro atoms. The first-order valence-electron chi connectivity index (χ1n) is 6.11. The molecule has 18 heavy (non-hydrogen) atoms. The molecule has 1 saturated carbocycles. The molecule has 2 aromatic rings. The Bertz CT molecular complexity index is 711. The van der Waals surface area contributed by atoms with Gasteiger partial charge in [0.2, 0.25) is 0 Å². The molecule has 0 bridgehead atoms. The van der Waals surface area contributed by atoms with Gasteiger partial charge in [0, 0.05) is 6.04 Å². The molecule has 1 fully saturated rings. The van der Waals surface area contributed by atoms with E-state index in [1.165, 1.54) is 4.57 Å². The molecule has 0 amide bonds. The number of rotatable bonds is 1. The Morgan fingerprint density at radius 1 is 1.22 bits per heavy atom. The summed E-state index contributed by atoms with van der Waals surface area (Å²) in [6, 6.07) is 5.10. The fourth-order valence-corrected chi connectivity index (χ4v) is 2.98. The second-order valence-electron chi connectivity index (χ2n) is 4.71. The Hall–Kier alpha value is -1.55. The van der Waals surface area contributed by atoms with Crippen LogP contribution in [-0.2, 0) is 0 Å². The highest BCUT2D eigenvalue weighted by Crippen LogP contribution is 2.27.